The Balaban J connectivity index is 2.32. The molecule has 1 aromatic heterocycles. The molecule has 0 saturated heterocycles. The van der Waals surface area contributed by atoms with Gasteiger partial charge < -0.3 is 10.1 Å². The van der Waals surface area contributed by atoms with Crippen molar-refractivity contribution in [2.45, 2.75) is 6.92 Å². The van der Waals surface area contributed by atoms with Gasteiger partial charge in [-0.15, -0.1) is 0 Å². The summed E-state index contributed by atoms with van der Waals surface area (Å²) in [6, 6.07) is 8.89. The van der Waals surface area contributed by atoms with Crippen LogP contribution in [0.15, 0.2) is 39.4 Å². The van der Waals surface area contributed by atoms with Crippen LogP contribution >= 0.6 is 31.9 Å². The van der Waals surface area contributed by atoms with Gasteiger partial charge in [0.05, 0.1) is 12.8 Å². The first-order valence-electron chi connectivity index (χ1n) is 5.79. The Morgan fingerprint density at radius 2 is 2.05 bits per heavy atom. The summed E-state index contributed by atoms with van der Waals surface area (Å²) in [5.41, 5.74) is 1.88. The molecule has 0 atom stereocenters. The highest BCUT2D eigenvalue weighted by molar-refractivity contribution is 9.10. The lowest BCUT2D eigenvalue weighted by molar-refractivity contribution is 0.102. The number of hydrogen-bond donors (Lipinski definition) is 1. The summed E-state index contributed by atoms with van der Waals surface area (Å²) in [6.45, 7) is 1.90. The van der Waals surface area contributed by atoms with Gasteiger partial charge in [-0.1, -0.05) is 22.0 Å². The summed E-state index contributed by atoms with van der Waals surface area (Å²) >= 11 is 6.64. The van der Waals surface area contributed by atoms with Gasteiger partial charge in [0.1, 0.15) is 16.0 Å². The average Bonchev–Trinajstić information content (AvgIpc) is 2.41. The van der Waals surface area contributed by atoms with Gasteiger partial charge in [-0.2, -0.15) is 0 Å². The predicted molar refractivity (Wildman–Crippen MR) is 85.3 cm³/mol. The van der Waals surface area contributed by atoms with E-state index in [2.05, 4.69) is 42.2 Å². The number of carbonyl (C=O) groups excluding carboxylic acids is 1. The molecule has 6 heteroatoms. The first kappa shape index (κ1) is 15.0. The van der Waals surface area contributed by atoms with E-state index in [0.717, 1.165) is 10.0 Å². The summed E-state index contributed by atoms with van der Waals surface area (Å²) in [5, 5.41) is 2.83. The number of rotatable bonds is 3. The molecule has 0 unspecified atom stereocenters. The lowest BCUT2D eigenvalue weighted by atomic mass is 10.1. The fourth-order valence-electron chi connectivity index (χ4n) is 1.75. The van der Waals surface area contributed by atoms with Crippen molar-refractivity contribution in [1.82, 2.24) is 4.98 Å². The van der Waals surface area contributed by atoms with Crippen LogP contribution < -0.4 is 10.1 Å². The van der Waals surface area contributed by atoms with E-state index in [4.69, 9.17) is 4.74 Å². The minimum atomic E-state index is -0.282. The van der Waals surface area contributed by atoms with Gasteiger partial charge >= 0.3 is 0 Å². The summed E-state index contributed by atoms with van der Waals surface area (Å²) in [6.07, 6.45) is 0. The topological polar surface area (TPSA) is 51.2 Å². The van der Waals surface area contributed by atoms with Gasteiger partial charge in [0.15, 0.2) is 0 Å². The number of halogens is 2. The van der Waals surface area contributed by atoms with Crippen LogP contribution in [0.1, 0.15) is 16.1 Å². The third kappa shape index (κ3) is 3.37. The van der Waals surface area contributed by atoms with Gasteiger partial charge in [-0.3, -0.25) is 4.79 Å². The second kappa shape index (κ2) is 6.37. The van der Waals surface area contributed by atoms with E-state index in [0.29, 0.717) is 21.7 Å². The smallest absolute Gasteiger partial charge is 0.274 e. The van der Waals surface area contributed by atoms with Gasteiger partial charge in [0.2, 0.25) is 0 Å². The van der Waals surface area contributed by atoms with E-state index < -0.39 is 0 Å². The van der Waals surface area contributed by atoms with Crippen molar-refractivity contribution in [2.75, 3.05) is 12.4 Å². The zero-order valence-corrected chi connectivity index (χ0v) is 14.1. The Hall–Kier alpha value is -1.40. The summed E-state index contributed by atoms with van der Waals surface area (Å²) in [7, 11) is 1.56. The number of nitrogens with zero attached hydrogens (tertiary/aromatic N) is 1. The van der Waals surface area contributed by atoms with Crippen LogP contribution in [0.5, 0.6) is 5.75 Å². The van der Waals surface area contributed by atoms with Crippen LogP contribution in [0, 0.1) is 6.92 Å². The maximum Gasteiger partial charge on any atom is 0.274 e. The van der Waals surface area contributed by atoms with Crippen LogP contribution in [-0.4, -0.2) is 18.0 Å². The number of ether oxygens (including phenoxy) is 1. The lowest BCUT2D eigenvalue weighted by Gasteiger charge is -2.13. The second-order valence-electron chi connectivity index (χ2n) is 4.10. The molecule has 2 rings (SSSR count). The van der Waals surface area contributed by atoms with Crippen LogP contribution in [0.4, 0.5) is 5.69 Å². The van der Waals surface area contributed by atoms with Crippen molar-refractivity contribution in [2.24, 2.45) is 0 Å². The third-order valence-electron chi connectivity index (χ3n) is 2.67. The third-order valence-corrected chi connectivity index (χ3v) is 3.57. The van der Waals surface area contributed by atoms with Crippen LogP contribution in [0.2, 0.25) is 0 Å². The number of aryl methyl sites for hydroxylation is 1. The summed E-state index contributed by atoms with van der Waals surface area (Å²) in [4.78, 5) is 16.3. The number of benzene rings is 1. The number of pyridine rings is 1. The molecule has 0 aliphatic rings. The maximum absolute atomic E-state index is 12.2. The van der Waals surface area contributed by atoms with E-state index in [9.17, 15) is 4.79 Å². The van der Waals surface area contributed by atoms with Crippen LogP contribution in [0.25, 0.3) is 0 Å². The van der Waals surface area contributed by atoms with Crippen molar-refractivity contribution in [3.05, 3.63) is 50.7 Å². The highest BCUT2D eigenvalue weighted by atomic mass is 79.9. The minimum Gasteiger partial charge on any atom is -0.495 e. The largest absolute Gasteiger partial charge is 0.495 e. The van der Waals surface area contributed by atoms with E-state index in [1.807, 2.05) is 13.0 Å². The number of nitrogens with one attached hydrogen (secondary N) is 1. The molecule has 2 aromatic rings. The quantitative estimate of drug-likeness (QED) is 0.787. The zero-order chi connectivity index (χ0) is 14.7. The van der Waals surface area contributed by atoms with Crippen molar-refractivity contribution in [1.29, 1.82) is 0 Å². The number of carbonyl (C=O) groups is 1. The number of methoxy groups -OCH3 is 1. The highest BCUT2D eigenvalue weighted by Gasteiger charge is 2.14. The Bertz CT molecular complexity index is 660. The van der Waals surface area contributed by atoms with E-state index in [1.54, 1.807) is 31.4 Å². The molecule has 0 spiro atoms. The molecule has 20 heavy (non-hydrogen) atoms. The molecule has 1 aromatic carbocycles. The number of amides is 1. The van der Waals surface area contributed by atoms with Crippen molar-refractivity contribution in [3.63, 3.8) is 0 Å². The molecular formula is C14H12Br2N2O2. The van der Waals surface area contributed by atoms with Gasteiger partial charge in [0.25, 0.3) is 5.91 Å². The Kier molecular flexibility index (Phi) is 4.77. The number of anilines is 1. The lowest BCUT2D eigenvalue weighted by Crippen LogP contribution is -2.15. The molecule has 0 radical (unpaired) electrons. The Labute approximate surface area is 133 Å². The van der Waals surface area contributed by atoms with Crippen molar-refractivity contribution < 1.29 is 9.53 Å². The second-order valence-corrected chi connectivity index (χ2v) is 5.83. The predicted octanol–water partition coefficient (Wildman–Crippen LogP) is 4.18. The van der Waals surface area contributed by atoms with Crippen molar-refractivity contribution in [3.8, 4) is 5.75 Å². The van der Waals surface area contributed by atoms with Crippen molar-refractivity contribution >= 4 is 43.5 Å². The molecule has 104 valence electrons. The molecule has 0 aliphatic carbocycles. The Morgan fingerprint density at radius 3 is 2.70 bits per heavy atom. The first-order valence-corrected chi connectivity index (χ1v) is 7.38. The standard InChI is InChI=1S/C14H12Br2N2O2/c1-8-6-9(15)7-11(20-2)13(8)18-14(19)10-4-3-5-12(16)17-10/h3-7H,1-2H3,(H,18,19). The normalized spacial score (nSPS) is 10.2. The molecule has 0 fully saturated rings. The van der Waals surface area contributed by atoms with Crippen LogP contribution in [-0.2, 0) is 0 Å². The molecule has 1 N–H and O–H groups in total. The summed E-state index contributed by atoms with van der Waals surface area (Å²) < 4.78 is 6.80. The average molecular weight is 400 g/mol. The summed E-state index contributed by atoms with van der Waals surface area (Å²) in [5.74, 6) is 0.315. The van der Waals surface area contributed by atoms with E-state index >= 15 is 0 Å². The Morgan fingerprint density at radius 1 is 1.30 bits per heavy atom. The monoisotopic (exact) mass is 398 g/mol. The fraction of sp³-hybridized carbons (Fsp3) is 0.143. The van der Waals surface area contributed by atoms with Gasteiger partial charge in [-0.25, -0.2) is 4.98 Å². The van der Waals surface area contributed by atoms with Gasteiger partial charge in [-0.05, 0) is 52.7 Å². The molecule has 0 aliphatic heterocycles. The first-order chi connectivity index (χ1) is 9.51. The SMILES string of the molecule is COc1cc(Br)cc(C)c1NC(=O)c1cccc(Br)n1. The van der Waals surface area contributed by atoms with Gasteiger partial charge in [0, 0.05) is 4.47 Å². The van der Waals surface area contributed by atoms with E-state index in [1.165, 1.54) is 0 Å². The van der Waals surface area contributed by atoms with Crippen LogP contribution in [0.3, 0.4) is 0 Å². The highest BCUT2D eigenvalue weighted by Crippen LogP contribution is 2.32. The van der Waals surface area contributed by atoms with E-state index in [-0.39, 0.29) is 5.91 Å². The molecule has 1 amide bonds. The zero-order valence-electron chi connectivity index (χ0n) is 10.9. The number of hydrogen-bond acceptors (Lipinski definition) is 3. The molecular weight excluding hydrogens is 388 g/mol. The molecule has 0 saturated carbocycles. The molecule has 4 nitrogen and oxygen atoms in total. The number of aromatic nitrogens is 1. The molecule has 0 bridgehead atoms. The minimum absolute atomic E-state index is 0.282. The molecule has 1 heterocycles. The maximum atomic E-state index is 12.2. The fourth-order valence-corrected chi connectivity index (χ4v) is 2.64.